The van der Waals surface area contributed by atoms with Gasteiger partial charge in [0.25, 0.3) is 0 Å². The first kappa shape index (κ1) is 12.4. The molecule has 2 aromatic rings. The molecule has 0 radical (unpaired) electrons. The van der Waals surface area contributed by atoms with E-state index in [0.717, 1.165) is 11.5 Å². The zero-order valence-corrected chi connectivity index (χ0v) is 10.2. The van der Waals surface area contributed by atoms with Gasteiger partial charge in [-0.25, -0.2) is 4.98 Å². The van der Waals surface area contributed by atoms with E-state index in [2.05, 4.69) is 4.98 Å². The van der Waals surface area contributed by atoms with Crippen LogP contribution in [0.25, 0.3) is 0 Å². The zero-order chi connectivity index (χ0) is 12.8. The van der Waals surface area contributed by atoms with Crippen LogP contribution in [0.5, 0.6) is 11.5 Å². The lowest BCUT2D eigenvalue weighted by Gasteiger charge is -2.10. The van der Waals surface area contributed by atoms with Crippen molar-refractivity contribution in [1.29, 1.82) is 0 Å². The summed E-state index contributed by atoms with van der Waals surface area (Å²) in [5, 5.41) is 8.90. The fourth-order valence-electron chi connectivity index (χ4n) is 1.61. The number of benzene rings is 1. The Labute approximate surface area is 106 Å². The van der Waals surface area contributed by atoms with Gasteiger partial charge in [-0.1, -0.05) is 12.1 Å². The molecule has 0 atom stereocenters. The van der Waals surface area contributed by atoms with Crippen LogP contribution >= 0.6 is 0 Å². The summed E-state index contributed by atoms with van der Waals surface area (Å²) in [5.74, 6) is 1.45. The molecule has 0 spiro atoms. The third-order valence-corrected chi connectivity index (χ3v) is 2.52. The highest BCUT2D eigenvalue weighted by molar-refractivity contribution is 5.39. The van der Waals surface area contributed by atoms with Crippen LogP contribution in [-0.4, -0.2) is 28.4 Å². The van der Waals surface area contributed by atoms with Gasteiger partial charge in [0.05, 0.1) is 32.3 Å². The number of ether oxygens (including phenoxy) is 2. The molecule has 96 valence electrons. The van der Waals surface area contributed by atoms with Crippen molar-refractivity contribution in [2.24, 2.45) is 0 Å². The number of hydrogen-bond donors (Lipinski definition) is 1. The third kappa shape index (κ3) is 3.01. The van der Waals surface area contributed by atoms with Gasteiger partial charge < -0.3 is 19.1 Å². The van der Waals surface area contributed by atoms with E-state index in [1.54, 1.807) is 19.6 Å². The van der Waals surface area contributed by atoms with Crippen molar-refractivity contribution in [1.82, 2.24) is 9.55 Å². The van der Waals surface area contributed by atoms with Crippen molar-refractivity contribution in [2.45, 2.75) is 13.2 Å². The van der Waals surface area contributed by atoms with Crippen molar-refractivity contribution in [2.75, 3.05) is 13.7 Å². The highest BCUT2D eigenvalue weighted by atomic mass is 16.5. The SMILES string of the molecule is COc1ccccc1OCCn1cnc(CO)c1. The molecule has 0 unspecified atom stereocenters. The van der Waals surface area contributed by atoms with E-state index in [0.29, 0.717) is 18.8 Å². The van der Waals surface area contributed by atoms with Crippen molar-refractivity contribution in [3.63, 3.8) is 0 Å². The molecule has 0 aliphatic carbocycles. The van der Waals surface area contributed by atoms with Gasteiger partial charge in [-0.2, -0.15) is 0 Å². The molecule has 0 aliphatic rings. The average molecular weight is 248 g/mol. The maximum atomic E-state index is 8.90. The quantitative estimate of drug-likeness (QED) is 0.841. The van der Waals surface area contributed by atoms with Gasteiger partial charge in [0.1, 0.15) is 6.61 Å². The molecule has 0 saturated heterocycles. The normalized spacial score (nSPS) is 10.3. The molecular formula is C13H16N2O3. The second-order valence-electron chi connectivity index (χ2n) is 3.76. The van der Waals surface area contributed by atoms with E-state index in [-0.39, 0.29) is 6.61 Å². The lowest BCUT2D eigenvalue weighted by Crippen LogP contribution is -2.07. The summed E-state index contributed by atoms with van der Waals surface area (Å²) in [4.78, 5) is 4.03. The van der Waals surface area contributed by atoms with E-state index in [9.17, 15) is 0 Å². The van der Waals surface area contributed by atoms with Crippen LogP contribution in [-0.2, 0) is 13.2 Å². The fourth-order valence-corrected chi connectivity index (χ4v) is 1.61. The lowest BCUT2D eigenvalue weighted by molar-refractivity contribution is 0.274. The van der Waals surface area contributed by atoms with Crippen molar-refractivity contribution in [3.05, 3.63) is 42.5 Å². The smallest absolute Gasteiger partial charge is 0.161 e. The third-order valence-electron chi connectivity index (χ3n) is 2.52. The summed E-state index contributed by atoms with van der Waals surface area (Å²) in [7, 11) is 1.62. The Morgan fingerprint density at radius 3 is 2.72 bits per heavy atom. The molecule has 1 aromatic heterocycles. The first-order valence-electron chi connectivity index (χ1n) is 5.71. The number of methoxy groups -OCH3 is 1. The van der Waals surface area contributed by atoms with E-state index < -0.39 is 0 Å². The summed E-state index contributed by atoms with van der Waals surface area (Å²) in [6.07, 6.45) is 3.47. The molecule has 1 heterocycles. The Balaban J connectivity index is 1.88. The molecule has 2 rings (SSSR count). The molecule has 0 amide bonds. The highest BCUT2D eigenvalue weighted by Gasteiger charge is 2.02. The van der Waals surface area contributed by atoms with Crippen LogP contribution in [0.4, 0.5) is 0 Å². The van der Waals surface area contributed by atoms with Crippen LogP contribution in [0, 0.1) is 0 Å². The van der Waals surface area contributed by atoms with Gasteiger partial charge in [-0.05, 0) is 12.1 Å². The van der Waals surface area contributed by atoms with Gasteiger partial charge in [0.2, 0.25) is 0 Å². The molecule has 0 aliphatic heterocycles. The Bertz CT molecular complexity index is 496. The Morgan fingerprint density at radius 1 is 1.28 bits per heavy atom. The maximum Gasteiger partial charge on any atom is 0.161 e. The number of para-hydroxylation sites is 2. The summed E-state index contributed by atoms with van der Waals surface area (Å²) in [5.41, 5.74) is 0.660. The molecule has 1 aromatic carbocycles. The Kier molecular flexibility index (Phi) is 4.20. The van der Waals surface area contributed by atoms with Crippen LogP contribution < -0.4 is 9.47 Å². The topological polar surface area (TPSA) is 56.5 Å². The van der Waals surface area contributed by atoms with Crippen LogP contribution in [0.15, 0.2) is 36.8 Å². The van der Waals surface area contributed by atoms with Gasteiger partial charge in [-0.3, -0.25) is 0 Å². The number of nitrogens with zero attached hydrogens (tertiary/aromatic N) is 2. The molecule has 5 nitrogen and oxygen atoms in total. The van der Waals surface area contributed by atoms with Crippen molar-refractivity contribution in [3.8, 4) is 11.5 Å². The Hall–Kier alpha value is -2.01. The summed E-state index contributed by atoms with van der Waals surface area (Å²) in [6.45, 7) is 1.15. The van der Waals surface area contributed by atoms with Crippen LogP contribution in [0.2, 0.25) is 0 Å². The second-order valence-corrected chi connectivity index (χ2v) is 3.76. The minimum absolute atomic E-state index is 0.0413. The average Bonchev–Trinajstić information content (AvgIpc) is 2.87. The largest absolute Gasteiger partial charge is 0.493 e. The molecule has 5 heteroatoms. The number of rotatable bonds is 6. The number of hydrogen-bond acceptors (Lipinski definition) is 4. The van der Waals surface area contributed by atoms with E-state index in [1.807, 2.05) is 28.8 Å². The number of aliphatic hydroxyl groups is 1. The van der Waals surface area contributed by atoms with Crippen LogP contribution in [0.1, 0.15) is 5.69 Å². The number of imidazole rings is 1. The summed E-state index contributed by atoms with van der Waals surface area (Å²) in [6, 6.07) is 7.52. The second kappa shape index (κ2) is 6.07. The first-order chi connectivity index (χ1) is 8.83. The maximum absolute atomic E-state index is 8.90. The minimum Gasteiger partial charge on any atom is -0.493 e. The Morgan fingerprint density at radius 2 is 2.06 bits per heavy atom. The number of aliphatic hydroxyl groups excluding tert-OH is 1. The van der Waals surface area contributed by atoms with Crippen molar-refractivity contribution >= 4 is 0 Å². The molecule has 1 N–H and O–H groups in total. The van der Waals surface area contributed by atoms with Gasteiger partial charge >= 0.3 is 0 Å². The molecule has 18 heavy (non-hydrogen) atoms. The molecule has 0 fully saturated rings. The molecular weight excluding hydrogens is 232 g/mol. The van der Waals surface area contributed by atoms with Crippen molar-refractivity contribution < 1.29 is 14.6 Å². The van der Waals surface area contributed by atoms with Gasteiger partial charge in [-0.15, -0.1) is 0 Å². The predicted molar refractivity (Wildman–Crippen MR) is 66.6 cm³/mol. The highest BCUT2D eigenvalue weighted by Crippen LogP contribution is 2.25. The predicted octanol–water partition coefficient (Wildman–Crippen LogP) is 1.46. The van der Waals surface area contributed by atoms with E-state index >= 15 is 0 Å². The fraction of sp³-hybridized carbons (Fsp3) is 0.308. The number of aromatic nitrogens is 2. The van der Waals surface area contributed by atoms with E-state index in [1.165, 1.54) is 0 Å². The lowest BCUT2D eigenvalue weighted by atomic mass is 10.3. The summed E-state index contributed by atoms with van der Waals surface area (Å²) < 4.78 is 12.7. The van der Waals surface area contributed by atoms with Crippen LogP contribution in [0.3, 0.4) is 0 Å². The van der Waals surface area contributed by atoms with Gasteiger partial charge in [0, 0.05) is 6.20 Å². The monoisotopic (exact) mass is 248 g/mol. The standard InChI is InChI=1S/C13H16N2O3/c1-17-12-4-2-3-5-13(12)18-7-6-15-8-11(9-16)14-10-15/h2-5,8,10,16H,6-7,9H2,1H3. The van der Waals surface area contributed by atoms with E-state index in [4.69, 9.17) is 14.6 Å². The molecule has 0 bridgehead atoms. The summed E-state index contributed by atoms with van der Waals surface area (Å²) >= 11 is 0. The minimum atomic E-state index is -0.0413. The molecule has 0 saturated carbocycles. The first-order valence-corrected chi connectivity index (χ1v) is 5.71. The van der Waals surface area contributed by atoms with Gasteiger partial charge in [0.15, 0.2) is 11.5 Å². The zero-order valence-electron chi connectivity index (χ0n) is 10.2.